The average molecular weight is 214 g/mol. The smallest absolute Gasteiger partial charge is 0.0558 e. The molecular weight excluding hydrogens is 188 g/mol. The fourth-order valence-corrected chi connectivity index (χ4v) is 2.26. The minimum atomic E-state index is 0.298. The average Bonchev–Trinajstić information content (AvgIpc) is 2.18. The number of nitrogens with zero attached hydrogens (tertiary/aromatic N) is 2. The molecule has 15 heavy (non-hydrogen) atoms. The second kappa shape index (κ2) is 6.46. The Morgan fingerprint density at radius 2 is 2.20 bits per heavy atom. The first-order valence-electron chi connectivity index (χ1n) is 6.17. The number of likely N-dealkylation sites (tertiary alicyclic amines) is 1. The number of aliphatic hydroxyl groups excluding tert-OH is 1. The number of piperidine rings is 1. The molecule has 1 atom stereocenters. The van der Waals surface area contributed by atoms with Crippen LogP contribution >= 0.6 is 0 Å². The first-order chi connectivity index (χ1) is 7.13. The van der Waals surface area contributed by atoms with Crippen molar-refractivity contribution in [2.45, 2.75) is 32.7 Å². The van der Waals surface area contributed by atoms with E-state index in [1.807, 2.05) is 0 Å². The largest absolute Gasteiger partial charge is 0.395 e. The van der Waals surface area contributed by atoms with Crippen LogP contribution in [0.15, 0.2) is 0 Å². The van der Waals surface area contributed by atoms with Gasteiger partial charge in [0.15, 0.2) is 0 Å². The molecule has 0 radical (unpaired) electrons. The molecule has 1 unspecified atom stereocenters. The van der Waals surface area contributed by atoms with E-state index in [-0.39, 0.29) is 0 Å². The molecule has 0 aliphatic carbocycles. The lowest BCUT2D eigenvalue weighted by molar-refractivity contribution is 0.113. The first-order valence-corrected chi connectivity index (χ1v) is 6.17. The van der Waals surface area contributed by atoms with Gasteiger partial charge < -0.3 is 14.9 Å². The summed E-state index contributed by atoms with van der Waals surface area (Å²) in [5.41, 5.74) is 0. The van der Waals surface area contributed by atoms with Gasteiger partial charge in [0.2, 0.25) is 0 Å². The van der Waals surface area contributed by atoms with Gasteiger partial charge in [-0.25, -0.2) is 0 Å². The Morgan fingerprint density at radius 3 is 2.80 bits per heavy atom. The minimum Gasteiger partial charge on any atom is -0.395 e. The van der Waals surface area contributed by atoms with E-state index in [1.165, 1.54) is 25.9 Å². The monoisotopic (exact) mass is 214 g/mol. The quantitative estimate of drug-likeness (QED) is 0.740. The zero-order chi connectivity index (χ0) is 11.3. The summed E-state index contributed by atoms with van der Waals surface area (Å²) in [6.07, 6.45) is 2.63. The van der Waals surface area contributed by atoms with Crippen molar-refractivity contribution in [2.24, 2.45) is 5.92 Å². The van der Waals surface area contributed by atoms with Crippen LogP contribution < -0.4 is 0 Å². The molecule has 1 heterocycles. The molecule has 1 N–H and O–H groups in total. The van der Waals surface area contributed by atoms with Crippen molar-refractivity contribution in [3.8, 4) is 0 Å². The van der Waals surface area contributed by atoms with Gasteiger partial charge in [-0.15, -0.1) is 0 Å². The van der Waals surface area contributed by atoms with Gasteiger partial charge in [-0.2, -0.15) is 0 Å². The highest BCUT2D eigenvalue weighted by atomic mass is 16.3. The molecule has 0 spiro atoms. The van der Waals surface area contributed by atoms with Crippen molar-refractivity contribution >= 4 is 0 Å². The molecule has 0 aromatic carbocycles. The van der Waals surface area contributed by atoms with E-state index in [0.717, 1.165) is 19.0 Å². The maximum absolute atomic E-state index is 8.92. The summed E-state index contributed by atoms with van der Waals surface area (Å²) in [6, 6.07) is 0.637. The van der Waals surface area contributed by atoms with Gasteiger partial charge in [-0.1, -0.05) is 0 Å². The Hall–Kier alpha value is -0.120. The molecule has 90 valence electrons. The third-order valence-corrected chi connectivity index (χ3v) is 3.45. The summed E-state index contributed by atoms with van der Waals surface area (Å²) in [6.45, 7) is 9.16. The predicted octanol–water partition coefficient (Wildman–Crippen LogP) is 1.03. The molecule has 1 aliphatic rings. The first kappa shape index (κ1) is 12.9. The highest BCUT2D eigenvalue weighted by Crippen LogP contribution is 2.17. The number of hydrogen-bond acceptors (Lipinski definition) is 3. The predicted molar refractivity (Wildman–Crippen MR) is 64.0 cm³/mol. The molecule has 1 fully saturated rings. The van der Waals surface area contributed by atoms with Crippen molar-refractivity contribution in [2.75, 3.05) is 39.8 Å². The van der Waals surface area contributed by atoms with Gasteiger partial charge in [-0.3, -0.25) is 0 Å². The van der Waals surface area contributed by atoms with Gasteiger partial charge in [0, 0.05) is 25.7 Å². The van der Waals surface area contributed by atoms with Gasteiger partial charge >= 0.3 is 0 Å². The number of aliphatic hydroxyl groups is 1. The van der Waals surface area contributed by atoms with Crippen LogP contribution in [0.3, 0.4) is 0 Å². The van der Waals surface area contributed by atoms with Gasteiger partial charge in [0.05, 0.1) is 6.61 Å². The second-order valence-electron chi connectivity index (χ2n) is 5.07. The second-order valence-corrected chi connectivity index (χ2v) is 5.07. The van der Waals surface area contributed by atoms with Crippen molar-refractivity contribution in [3.05, 3.63) is 0 Å². The van der Waals surface area contributed by atoms with E-state index in [2.05, 4.69) is 30.7 Å². The maximum Gasteiger partial charge on any atom is 0.0558 e. The lowest BCUT2D eigenvalue weighted by Crippen LogP contribution is -2.42. The fraction of sp³-hybridized carbons (Fsp3) is 1.00. The molecule has 0 aromatic rings. The Bertz CT molecular complexity index is 171. The topological polar surface area (TPSA) is 26.7 Å². The molecule has 0 aromatic heterocycles. The number of β-amino-alcohol motifs (C(OH)–C–C–N with tert-alkyl or cyclic N) is 1. The summed E-state index contributed by atoms with van der Waals surface area (Å²) in [4.78, 5) is 4.81. The van der Waals surface area contributed by atoms with Crippen LogP contribution in [-0.4, -0.2) is 60.8 Å². The van der Waals surface area contributed by atoms with Crippen molar-refractivity contribution < 1.29 is 5.11 Å². The third kappa shape index (κ3) is 4.49. The lowest BCUT2D eigenvalue weighted by Gasteiger charge is -2.35. The third-order valence-electron chi connectivity index (χ3n) is 3.45. The Morgan fingerprint density at radius 1 is 1.47 bits per heavy atom. The standard InChI is InChI=1S/C12H26N2O/c1-11(2)13(3)9-12-5-4-6-14(10-12)7-8-15/h11-12,15H,4-10H2,1-3H3. The summed E-state index contributed by atoms with van der Waals surface area (Å²) >= 11 is 0. The molecule has 1 saturated heterocycles. The fourth-order valence-electron chi connectivity index (χ4n) is 2.26. The van der Waals surface area contributed by atoms with E-state index in [9.17, 15) is 0 Å². The summed E-state index contributed by atoms with van der Waals surface area (Å²) < 4.78 is 0. The van der Waals surface area contributed by atoms with Crippen LogP contribution in [0, 0.1) is 5.92 Å². The molecule has 0 bridgehead atoms. The minimum absolute atomic E-state index is 0.298. The maximum atomic E-state index is 8.92. The van der Waals surface area contributed by atoms with E-state index >= 15 is 0 Å². The van der Waals surface area contributed by atoms with Gasteiger partial charge in [-0.05, 0) is 46.2 Å². The van der Waals surface area contributed by atoms with E-state index in [1.54, 1.807) is 0 Å². The number of rotatable bonds is 5. The normalized spacial score (nSPS) is 24.0. The highest BCUT2D eigenvalue weighted by Gasteiger charge is 2.21. The SMILES string of the molecule is CC(C)N(C)CC1CCCN(CCO)C1. The zero-order valence-corrected chi connectivity index (χ0v) is 10.4. The molecular formula is C12H26N2O. The molecule has 0 saturated carbocycles. The van der Waals surface area contributed by atoms with Crippen molar-refractivity contribution in [3.63, 3.8) is 0 Å². The van der Waals surface area contributed by atoms with E-state index in [0.29, 0.717) is 12.6 Å². The van der Waals surface area contributed by atoms with Crippen LogP contribution in [0.4, 0.5) is 0 Å². The Balaban J connectivity index is 2.29. The Labute approximate surface area is 94.1 Å². The van der Waals surface area contributed by atoms with Gasteiger partial charge in [0.1, 0.15) is 0 Å². The molecule has 0 amide bonds. The molecule has 1 rings (SSSR count). The van der Waals surface area contributed by atoms with Crippen LogP contribution in [0.2, 0.25) is 0 Å². The summed E-state index contributed by atoms with van der Waals surface area (Å²) in [5, 5.41) is 8.92. The van der Waals surface area contributed by atoms with E-state index in [4.69, 9.17) is 5.11 Å². The van der Waals surface area contributed by atoms with Gasteiger partial charge in [0.25, 0.3) is 0 Å². The van der Waals surface area contributed by atoms with Crippen LogP contribution in [0.1, 0.15) is 26.7 Å². The lowest BCUT2D eigenvalue weighted by atomic mass is 9.97. The molecule has 3 heteroatoms. The summed E-state index contributed by atoms with van der Waals surface area (Å²) in [7, 11) is 2.20. The molecule has 3 nitrogen and oxygen atoms in total. The van der Waals surface area contributed by atoms with E-state index < -0.39 is 0 Å². The number of hydrogen-bond donors (Lipinski definition) is 1. The van der Waals surface area contributed by atoms with Crippen LogP contribution in [0.5, 0.6) is 0 Å². The van der Waals surface area contributed by atoms with Crippen molar-refractivity contribution in [1.29, 1.82) is 0 Å². The zero-order valence-electron chi connectivity index (χ0n) is 10.4. The molecule has 1 aliphatic heterocycles. The van der Waals surface area contributed by atoms with Crippen LogP contribution in [0.25, 0.3) is 0 Å². The van der Waals surface area contributed by atoms with Crippen LogP contribution in [-0.2, 0) is 0 Å². The summed E-state index contributed by atoms with van der Waals surface area (Å²) in [5.74, 6) is 0.790. The highest BCUT2D eigenvalue weighted by molar-refractivity contribution is 4.75. The Kier molecular flexibility index (Phi) is 5.58. The van der Waals surface area contributed by atoms with Crippen molar-refractivity contribution in [1.82, 2.24) is 9.80 Å².